The summed E-state index contributed by atoms with van der Waals surface area (Å²) in [6, 6.07) is 0. The minimum absolute atomic E-state index is 0.0350. The van der Waals surface area contributed by atoms with Gasteiger partial charge >= 0.3 is 5.97 Å². The fraction of sp³-hybridized carbons (Fsp3) is 0.688. The van der Waals surface area contributed by atoms with Crippen molar-refractivity contribution in [3.05, 3.63) is 12.2 Å². The van der Waals surface area contributed by atoms with E-state index in [1.165, 1.54) is 0 Å². The summed E-state index contributed by atoms with van der Waals surface area (Å²) in [6.45, 7) is 8.66. The van der Waals surface area contributed by atoms with Crippen LogP contribution in [0.3, 0.4) is 0 Å². The molecule has 0 aliphatic carbocycles. The van der Waals surface area contributed by atoms with E-state index in [9.17, 15) is 14.4 Å². The highest BCUT2D eigenvalue weighted by Gasteiger charge is 2.39. The Labute approximate surface area is 135 Å². The molecular formula is C16H23NO6. The molecule has 0 saturated carbocycles. The molecule has 2 aliphatic heterocycles. The molecule has 0 aromatic heterocycles. The van der Waals surface area contributed by atoms with Crippen molar-refractivity contribution in [3.8, 4) is 0 Å². The zero-order valence-electron chi connectivity index (χ0n) is 14.0. The second-order valence-corrected chi connectivity index (χ2v) is 7.36. The van der Waals surface area contributed by atoms with Gasteiger partial charge in [0.15, 0.2) is 6.29 Å². The largest absolute Gasteiger partial charge is 0.464 e. The van der Waals surface area contributed by atoms with Gasteiger partial charge in [-0.15, -0.1) is 0 Å². The van der Waals surface area contributed by atoms with Crippen molar-refractivity contribution >= 4 is 17.8 Å². The van der Waals surface area contributed by atoms with Crippen LogP contribution in [0.2, 0.25) is 0 Å². The smallest absolute Gasteiger partial charge is 0.326 e. The van der Waals surface area contributed by atoms with Gasteiger partial charge < -0.3 is 14.2 Å². The highest BCUT2D eigenvalue weighted by Crippen LogP contribution is 2.32. The first kappa shape index (κ1) is 17.6. The highest BCUT2D eigenvalue weighted by molar-refractivity contribution is 6.14. The molecular weight excluding hydrogens is 302 g/mol. The number of hydrogen-bond donors (Lipinski definition) is 0. The number of carbonyl (C=O) groups excluding carboxylic acids is 3. The van der Waals surface area contributed by atoms with Crippen LogP contribution in [0.5, 0.6) is 0 Å². The van der Waals surface area contributed by atoms with E-state index in [-0.39, 0.29) is 18.6 Å². The second kappa shape index (κ2) is 6.41. The van der Waals surface area contributed by atoms with E-state index in [1.54, 1.807) is 0 Å². The van der Waals surface area contributed by atoms with Crippen molar-refractivity contribution in [2.24, 2.45) is 10.8 Å². The molecule has 0 aromatic carbocycles. The van der Waals surface area contributed by atoms with Crippen molar-refractivity contribution in [1.82, 2.24) is 4.90 Å². The van der Waals surface area contributed by atoms with Gasteiger partial charge in [0, 0.05) is 23.0 Å². The molecule has 0 spiro atoms. The average Bonchev–Trinajstić information content (AvgIpc) is 2.77. The van der Waals surface area contributed by atoms with Crippen molar-refractivity contribution in [1.29, 1.82) is 0 Å². The fourth-order valence-corrected chi connectivity index (χ4v) is 2.24. The van der Waals surface area contributed by atoms with Crippen molar-refractivity contribution in [2.45, 2.75) is 34.0 Å². The molecule has 0 N–H and O–H groups in total. The maximum absolute atomic E-state index is 11.8. The third kappa shape index (κ3) is 4.39. The van der Waals surface area contributed by atoms with Gasteiger partial charge in [-0.05, 0) is 0 Å². The van der Waals surface area contributed by atoms with Gasteiger partial charge in [-0.25, -0.2) is 0 Å². The van der Waals surface area contributed by atoms with Gasteiger partial charge in [0.05, 0.1) is 13.2 Å². The van der Waals surface area contributed by atoms with Crippen LogP contribution in [-0.2, 0) is 28.6 Å². The Morgan fingerprint density at radius 1 is 1.26 bits per heavy atom. The summed E-state index contributed by atoms with van der Waals surface area (Å²) in [4.78, 5) is 35.5. The molecule has 23 heavy (non-hydrogen) atoms. The maximum Gasteiger partial charge on any atom is 0.326 e. The van der Waals surface area contributed by atoms with E-state index in [2.05, 4.69) is 0 Å². The predicted molar refractivity (Wildman–Crippen MR) is 80.1 cm³/mol. The topological polar surface area (TPSA) is 82.1 Å². The lowest BCUT2D eigenvalue weighted by Gasteiger charge is -2.41. The van der Waals surface area contributed by atoms with E-state index in [1.807, 2.05) is 27.7 Å². The number of nitrogens with zero attached hydrogens (tertiary/aromatic N) is 1. The SMILES string of the molecule is CC1(C)COC(C(C)(C)COC(=O)CN2C(=O)C=CC2=O)OC1. The summed E-state index contributed by atoms with van der Waals surface area (Å²) >= 11 is 0. The summed E-state index contributed by atoms with van der Waals surface area (Å²) in [5.74, 6) is -1.65. The van der Waals surface area contributed by atoms with E-state index in [0.29, 0.717) is 13.2 Å². The standard InChI is InChI=1S/C16H23NO6/c1-15(2)8-22-14(23-9-15)16(3,4)10-21-13(20)7-17-11(18)5-6-12(17)19/h5-6,14H,7-10H2,1-4H3. The van der Waals surface area contributed by atoms with Crippen LogP contribution in [0, 0.1) is 10.8 Å². The van der Waals surface area contributed by atoms with Crippen molar-refractivity contribution in [2.75, 3.05) is 26.4 Å². The number of hydrogen-bond acceptors (Lipinski definition) is 6. The molecule has 2 aliphatic rings. The van der Waals surface area contributed by atoms with E-state index in [4.69, 9.17) is 14.2 Å². The molecule has 7 nitrogen and oxygen atoms in total. The van der Waals surface area contributed by atoms with E-state index in [0.717, 1.165) is 17.1 Å². The minimum atomic E-state index is -0.639. The second-order valence-electron chi connectivity index (χ2n) is 7.36. The Hall–Kier alpha value is -1.73. The Morgan fingerprint density at radius 2 is 1.78 bits per heavy atom. The fourth-order valence-electron chi connectivity index (χ4n) is 2.24. The average molecular weight is 325 g/mol. The Bertz CT molecular complexity index is 509. The first-order valence-electron chi connectivity index (χ1n) is 7.53. The van der Waals surface area contributed by atoms with Crippen LogP contribution in [0.1, 0.15) is 27.7 Å². The van der Waals surface area contributed by atoms with Gasteiger partial charge in [0.25, 0.3) is 11.8 Å². The predicted octanol–water partition coefficient (Wildman–Crippen LogP) is 0.880. The van der Waals surface area contributed by atoms with Crippen molar-refractivity contribution < 1.29 is 28.6 Å². The molecule has 2 rings (SSSR count). The third-order valence-corrected chi connectivity index (χ3v) is 3.68. The lowest BCUT2D eigenvalue weighted by atomic mass is 9.90. The minimum Gasteiger partial charge on any atom is -0.464 e. The molecule has 1 fully saturated rings. The number of ether oxygens (including phenoxy) is 3. The Kier molecular flexibility index (Phi) is 4.91. The maximum atomic E-state index is 11.8. The molecule has 2 heterocycles. The van der Waals surface area contributed by atoms with Gasteiger partial charge in [0.1, 0.15) is 13.2 Å². The van der Waals surface area contributed by atoms with Gasteiger partial charge in [-0.1, -0.05) is 27.7 Å². The Morgan fingerprint density at radius 3 is 2.30 bits per heavy atom. The van der Waals surface area contributed by atoms with Crippen LogP contribution in [0.15, 0.2) is 12.2 Å². The van der Waals surface area contributed by atoms with Crippen LogP contribution in [0.25, 0.3) is 0 Å². The molecule has 1 saturated heterocycles. The molecule has 0 bridgehead atoms. The molecule has 0 aromatic rings. The van der Waals surface area contributed by atoms with Gasteiger partial charge in [0.2, 0.25) is 0 Å². The monoisotopic (exact) mass is 325 g/mol. The lowest BCUT2D eigenvalue weighted by molar-refractivity contribution is -0.269. The zero-order valence-corrected chi connectivity index (χ0v) is 14.0. The van der Waals surface area contributed by atoms with Crippen molar-refractivity contribution in [3.63, 3.8) is 0 Å². The normalized spacial score (nSPS) is 21.8. The number of imide groups is 1. The van der Waals surface area contributed by atoms with E-state index < -0.39 is 29.5 Å². The number of amides is 2. The van der Waals surface area contributed by atoms with Crippen LogP contribution in [0.4, 0.5) is 0 Å². The molecule has 2 amide bonds. The Balaban J connectivity index is 1.81. The van der Waals surface area contributed by atoms with Gasteiger partial charge in [-0.2, -0.15) is 0 Å². The molecule has 0 radical (unpaired) electrons. The highest BCUT2D eigenvalue weighted by atomic mass is 16.7. The number of esters is 1. The third-order valence-electron chi connectivity index (χ3n) is 3.68. The quantitative estimate of drug-likeness (QED) is 0.551. The van der Waals surface area contributed by atoms with Crippen LogP contribution in [-0.4, -0.2) is 55.3 Å². The summed E-state index contributed by atoms with van der Waals surface area (Å²) in [7, 11) is 0. The van der Waals surface area contributed by atoms with E-state index >= 15 is 0 Å². The van der Waals surface area contributed by atoms with Crippen LogP contribution < -0.4 is 0 Å². The van der Waals surface area contributed by atoms with Crippen LogP contribution >= 0.6 is 0 Å². The first-order chi connectivity index (χ1) is 10.6. The van der Waals surface area contributed by atoms with Gasteiger partial charge in [-0.3, -0.25) is 19.3 Å². The summed E-state index contributed by atoms with van der Waals surface area (Å²) in [5, 5.41) is 0. The molecule has 7 heteroatoms. The first-order valence-corrected chi connectivity index (χ1v) is 7.53. The summed E-state index contributed by atoms with van der Waals surface area (Å²) in [6.07, 6.45) is 1.79. The zero-order chi connectivity index (χ0) is 17.3. The summed E-state index contributed by atoms with van der Waals surface area (Å²) < 4.78 is 16.6. The molecule has 0 atom stereocenters. The number of carbonyl (C=O) groups is 3. The molecule has 128 valence electrons. The molecule has 0 unspecified atom stereocenters. The lowest BCUT2D eigenvalue weighted by Crippen LogP contribution is -2.47. The number of rotatable bonds is 5. The summed E-state index contributed by atoms with van der Waals surface area (Å²) in [5.41, 5.74) is -0.573.